The molecule has 0 radical (unpaired) electrons. The number of nitrogens with one attached hydrogen (secondary N) is 1. The number of sulfone groups is 1. The highest BCUT2D eigenvalue weighted by atomic mass is 35.5. The average molecular weight is 493 g/mol. The molecule has 1 aliphatic carbocycles. The largest absolute Gasteiger partial charge is 0.501 e. The maximum absolute atomic E-state index is 14.6. The minimum atomic E-state index is -5.48. The number of rotatable bonds is 4. The molecule has 0 aromatic heterocycles. The van der Waals surface area contributed by atoms with E-state index in [9.17, 15) is 26.0 Å². The third-order valence-corrected chi connectivity index (χ3v) is 7.75. The van der Waals surface area contributed by atoms with Gasteiger partial charge in [0.25, 0.3) is 9.84 Å². The Morgan fingerprint density at radius 1 is 1.16 bits per heavy atom. The summed E-state index contributed by atoms with van der Waals surface area (Å²) in [7, 11) is -5.48. The second-order valence-electron chi connectivity index (χ2n) is 7.93. The third-order valence-electron chi connectivity index (χ3n) is 5.89. The van der Waals surface area contributed by atoms with Crippen LogP contribution in [0.1, 0.15) is 22.8 Å². The zero-order chi connectivity index (χ0) is 23.3. The number of hydrogen-bond donors (Lipinski definition) is 1. The lowest BCUT2D eigenvalue weighted by Gasteiger charge is -2.36. The van der Waals surface area contributed by atoms with Gasteiger partial charge in [0.1, 0.15) is 17.7 Å². The topological polar surface area (TPSA) is 58.6 Å². The molecular weight excluding hydrogens is 472 g/mol. The second-order valence-corrected chi connectivity index (χ2v) is 10.3. The number of nitrogens with zero attached hydrogens (tertiary/aromatic N) is 1. The van der Waals surface area contributed by atoms with Crippen molar-refractivity contribution in [2.24, 2.45) is 0 Å². The van der Waals surface area contributed by atoms with Gasteiger partial charge in [-0.1, -0.05) is 11.6 Å². The number of alkyl halides is 3. The number of benzene rings is 2. The predicted molar refractivity (Wildman–Crippen MR) is 111 cm³/mol. The normalized spacial score (nSPS) is 22.1. The van der Waals surface area contributed by atoms with E-state index in [1.54, 1.807) is 6.07 Å². The summed E-state index contributed by atoms with van der Waals surface area (Å²) in [6, 6.07) is 6.03. The maximum Gasteiger partial charge on any atom is 0.501 e. The van der Waals surface area contributed by atoms with Crippen LogP contribution in [0, 0.1) is 12.7 Å². The molecule has 174 valence electrons. The minimum Gasteiger partial charge on any atom is -0.484 e. The first-order valence-corrected chi connectivity index (χ1v) is 11.9. The first kappa shape index (κ1) is 23.3. The lowest BCUT2D eigenvalue weighted by atomic mass is 10.1. The Morgan fingerprint density at radius 3 is 2.47 bits per heavy atom. The lowest BCUT2D eigenvalue weighted by Crippen LogP contribution is -2.50. The molecule has 5 nitrogen and oxygen atoms in total. The summed E-state index contributed by atoms with van der Waals surface area (Å²) in [4.78, 5) is 1.36. The van der Waals surface area contributed by atoms with Crippen LogP contribution in [0.5, 0.6) is 5.75 Å². The van der Waals surface area contributed by atoms with E-state index in [1.165, 1.54) is 25.1 Å². The molecular formula is C21H21ClF4N2O3S. The highest BCUT2D eigenvalue weighted by Crippen LogP contribution is 2.41. The SMILES string of the molecule is Cc1cc(O[C@H]2c3cc(Cl)cc(F)c3C[C@@H]2N2CCNCC2)ccc1S(=O)(=O)C(F)(F)F. The van der Waals surface area contributed by atoms with Gasteiger partial charge in [0.2, 0.25) is 0 Å². The first-order chi connectivity index (χ1) is 15.0. The van der Waals surface area contributed by atoms with Gasteiger partial charge in [0.05, 0.1) is 10.9 Å². The van der Waals surface area contributed by atoms with Gasteiger partial charge in [0, 0.05) is 36.8 Å². The van der Waals surface area contributed by atoms with Crippen molar-refractivity contribution >= 4 is 21.4 Å². The van der Waals surface area contributed by atoms with Crippen LogP contribution in [0.4, 0.5) is 17.6 Å². The Morgan fingerprint density at radius 2 is 1.84 bits per heavy atom. The number of aryl methyl sites for hydroxylation is 1. The molecule has 2 atom stereocenters. The van der Waals surface area contributed by atoms with Crippen molar-refractivity contribution in [3.8, 4) is 5.75 Å². The van der Waals surface area contributed by atoms with Gasteiger partial charge < -0.3 is 10.1 Å². The van der Waals surface area contributed by atoms with Gasteiger partial charge >= 0.3 is 5.51 Å². The monoisotopic (exact) mass is 492 g/mol. The molecule has 1 heterocycles. The van der Waals surface area contributed by atoms with E-state index < -0.39 is 32.2 Å². The standard InChI is InChI=1S/C21H21ClF4N2O3S/c1-12-8-14(2-3-19(12)32(29,30)21(24,25)26)31-20-16-9-13(22)10-17(23)15(16)11-18(20)28-6-4-27-5-7-28/h2-3,8-10,18,20,27H,4-7,11H2,1H3/t18-,20-/m0/s1. The van der Waals surface area contributed by atoms with E-state index in [2.05, 4.69) is 10.2 Å². The van der Waals surface area contributed by atoms with Crippen molar-refractivity contribution in [2.75, 3.05) is 26.2 Å². The van der Waals surface area contributed by atoms with Crippen LogP contribution in [-0.4, -0.2) is 51.0 Å². The van der Waals surface area contributed by atoms with Gasteiger partial charge in [-0.2, -0.15) is 13.2 Å². The van der Waals surface area contributed by atoms with Crippen molar-refractivity contribution in [2.45, 2.75) is 35.9 Å². The highest BCUT2D eigenvalue weighted by molar-refractivity contribution is 7.92. The van der Waals surface area contributed by atoms with E-state index in [-0.39, 0.29) is 22.4 Å². The molecule has 0 spiro atoms. The van der Waals surface area contributed by atoms with Crippen LogP contribution < -0.4 is 10.1 Å². The average Bonchev–Trinajstić information content (AvgIpc) is 3.06. The molecule has 0 bridgehead atoms. The van der Waals surface area contributed by atoms with Crippen LogP contribution in [0.3, 0.4) is 0 Å². The first-order valence-electron chi connectivity index (χ1n) is 10.0. The summed E-state index contributed by atoms with van der Waals surface area (Å²) in [5.74, 6) is -0.233. The molecule has 1 N–H and O–H groups in total. The van der Waals surface area contributed by atoms with Gasteiger partial charge in [-0.05, 0) is 54.8 Å². The summed E-state index contributed by atoms with van der Waals surface area (Å²) in [5, 5.41) is 3.48. The summed E-state index contributed by atoms with van der Waals surface area (Å²) < 4.78 is 83.2. The van der Waals surface area contributed by atoms with E-state index in [0.29, 0.717) is 17.5 Å². The van der Waals surface area contributed by atoms with E-state index in [1.807, 2.05) is 0 Å². The Hall–Kier alpha value is -1.88. The predicted octanol–water partition coefficient (Wildman–Crippen LogP) is 4.03. The molecule has 2 aromatic rings. The van der Waals surface area contributed by atoms with Crippen molar-refractivity contribution in [1.82, 2.24) is 10.2 Å². The second kappa shape index (κ2) is 8.48. The zero-order valence-electron chi connectivity index (χ0n) is 17.0. The number of piperazine rings is 1. The van der Waals surface area contributed by atoms with Crippen LogP contribution in [-0.2, 0) is 16.3 Å². The highest BCUT2D eigenvalue weighted by Gasteiger charge is 2.47. The summed E-state index contributed by atoms with van der Waals surface area (Å²) in [6.07, 6.45) is -0.205. The third kappa shape index (κ3) is 4.21. The van der Waals surface area contributed by atoms with Gasteiger partial charge in [-0.3, -0.25) is 4.90 Å². The molecule has 0 saturated carbocycles. The molecule has 0 amide bonds. The van der Waals surface area contributed by atoms with Crippen molar-refractivity contribution in [3.05, 3.63) is 57.9 Å². The van der Waals surface area contributed by atoms with E-state index in [4.69, 9.17) is 16.3 Å². The summed E-state index contributed by atoms with van der Waals surface area (Å²) in [6.45, 7) is 4.28. The molecule has 1 aliphatic heterocycles. The van der Waals surface area contributed by atoms with Gasteiger partial charge in [-0.25, -0.2) is 12.8 Å². The number of ether oxygens (including phenoxy) is 1. The molecule has 1 fully saturated rings. The molecule has 32 heavy (non-hydrogen) atoms. The van der Waals surface area contributed by atoms with E-state index in [0.717, 1.165) is 32.2 Å². The molecule has 2 aromatic carbocycles. The zero-order valence-corrected chi connectivity index (χ0v) is 18.6. The van der Waals surface area contributed by atoms with Crippen molar-refractivity contribution in [1.29, 1.82) is 0 Å². The fourth-order valence-corrected chi connectivity index (χ4v) is 5.55. The van der Waals surface area contributed by atoms with Gasteiger partial charge in [-0.15, -0.1) is 0 Å². The van der Waals surface area contributed by atoms with Crippen molar-refractivity contribution < 1.29 is 30.7 Å². The van der Waals surface area contributed by atoms with Gasteiger partial charge in [0.15, 0.2) is 0 Å². The number of fused-ring (bicyclic) bond motifs is 1. The van der Waals surface area contributed by atoms with Crippen LogP contribution >= 0.6 is 11.6 Å². The molecule has 11 heteroatoms. The Kier molecular flexibility index (Phi) is 6.17. The van der Waals surface area contributed by atoms with E-state index >= 15 is 0 Å². The van der Waals surface area contributed by atoms with Crippen LogP contribution in [0.15, 0.2) is 35.2 Å². The van der Waals surface area contributed by atoms with Crippen LogP contribution in [0.2, 0.25) is 5.02 Å². The maximum atomic E-state index is 14.6. The Balaban J connectivity index is 1.69. The number of halogens is 5. The quantitative estimate of drug-likeness (QED) is 0.653. The summed E-state index contributed by atoms with van der Waals surface area (Å²) >= 11 is 6.08. The molecule has 2 aliphatic rings. The minimum absolute atomic E-state index is 0.0888. The molecule has 1 saturated heterocycles. The number of hydrogen-bond acceptors (Lipinski definition) is 5. The Bertz CT molecular complexity index is 1130. The van der Waals surface area contributed by atoms with Crippen LogP contribution in [0.25, 0.3) is 0 Å². The lowest BCUT2D eigenvalue weighted by molar-refractivity contribution is -0.0436. The fourth-order valence-electron chi connectivity index (χ4n) is 4.36. The molecule has 4 rings (SSSR count). The summed E-state index contributed by atoms with van der Waals surface area (Å²) in [5.41, 5.74) is -4.40. The Labute approximate surface area is 188 Å². The fraction of sp³-hybridized carbons (Fsp3) is 0.429. The smallest absolute Gasteiger partial charge is 0.484 e. The van der Waals surface area contributed by atoms with Crippen molar-refractivity contribution in [3.63, 3.8) is 0 Å². The molecule has 0 unspecified atom stereocenters.